The molecule has 5 rings (SSSR count). The molecule has 4 bridgehead atoms. The van der Waals surface area contributed by atoms with E-state index in [-0.39, 0.29) is 146 Å². The Balaban J connectivity index is 2.39. The molecule has 2 aromatic rings. The molecule has 3 aliphatic rings. The van der Waals surface area contributed by atoms with Crippen LogP contribution in [0.2, 0.25) is 0 Å². The molecule has 0 unspecified atom stereocenters. The molecule has 0 aliphatic carbocycles. The standard InChI is InChI=1S/C56H85F8N27O9S4/c57-33-31-32-35(59)39(63)44(40(64)36(32)60)104-91-29(21-102)45(95)83-19-30(92)84-23(8-2-14-78-52(67)68)46(96)86-25(10-4-16-80-54(71)72)48(98)88-27(12-6-18-82-56(75)76)50(100)89-26(11-5-17-81-55(73)74)49(99)87-24(9-3-15-79-53(69)70)47(97)85-22(7-1-13-77-51(65)66)41(93)42(94)28(20-101)90-103-43(37(33)61)38(62)34(31)58/h22-29,90-91,101-102H,1-21H2,(H,83,95)(H,84,92)(H,85,97)(H,86,96)(H,87,99)(H,88,98)(H,89,100)(H4,65,66,77)(H4,67,68,78)(H4,69,70,79)(H4,71,72,80)(H4,73,74,81)(H4,75,76,82)/t22-,23-,24-,25-,26-,27-,28-,29-/m0/s1. The number of nitrogens with zero attached hydrogens (tertiary/aromatic N) is 6. The minimum atomic E-state index is -2.64. The third-order valence-corrected chi connectivity index (χ3v) is 17.1. The van der Waals surface area contributed by atoms with Crippen molar-refractivity contribution in [2.24, 2.45) is 98.8 Å². The lowest BCUT2D eigenvalue weighted by Gasteiger charge is -2.28. The summed E-state index contributed by atoms with van der Waals surface area (Å²) in [4.78, 5) is 149. The van der Waals surface area contributed by atoms with Crippen LogP contribution in [0.15, 0.2) is 39.7 Å². The number of benzene rings is 2. The van der Waals surface area contributed by atoms with Crippen LogP contribution in [0.25, 0.3) is 11.1 Å². The quantitative estimate of drug-likeness (QED) is 0.00612. The molecule has 48 heteroatoms. The Hall–Kier alpha value is -9.55. The number of nitrogens with one attached hydrogen (secondary N) is 9. The minimum absolute atomic E-state index is 0.0504. The number of ketones is 2. The van der Waals surface area contributed by atoms with Crippen molar-refractivity contribution in [3.63, 3.8) is 0 Å². The van der Waals surface area contributed by atoms with Crippen LogP contribution < -0.4 is 115 Å². The maximum atomic E-state index is 16.0. The van der Waals surface area contributed by atoms with Gasteiger partial charge in [-0.3, -0.25) is 73.1 Å². The Labute approximate surface area is 609 Å². The number of aliphatic imine (C=N–C) groups is 6. The molecule has 0 saturated carbocycles. The molecule has 578 valence electrons. The van der Waals surface area contributed by atoms with E-state index in [0.29, 0.717) is 0 Å². The predicted molar refractivity (Wildman–Crippen MR) is 379 cm³/mol. The lowest BCUT2D eigenvalue weighted by Crippen LogP contribution is -2.60. The first kappa shape index (κ1) is 88.7. The number of hydrogen-bond acceptors (Lipinski definition) is 21. The van der Waals surface area contributed by atoms with E-state index in [0.717, 1.165) is 0 Å². The number of fused-ring (bicyclic) bond motifs is 2. The van der Waals surface area contributed by atoms with Crippen molar-refractivity contribution >= 4 is 138 Å². The predicted octanol–water partition coefficient (Wildman–Crippen LogP) is -5.25. The first-order chi connectivity index (χ1) is 49.1. The van der Waals surface area contributed by atoms with Gasteiger partial charge in [-0.1, -0.05) is 0 Å². The van der Waals surface area contributed by atoms with Gasteiger partial charge in [-0.15, -0.1) is 0 Å². The number of Topliss-reactive ketones (excluding diaryl/α,β-unsaturated/α-hetero) is 2. The minimum Gasteiger partial charge on any atom is -0.370 e. The zero-order valence-corrected chi connectivity index (χ0v) is 58.9. The molecule has 3 aliphatic heterocycles. The van der Waals surface area contributed by atoms with Gasteiger partial charge >= 0.3 is 0 Å². The smallest absolute Gasteiger partial charge is 0.243 e. The van der Waals surface area contributed by atoms with Crippen molar-refractivity contribution in [1.29, 1.82) is 0 Å². The second-order valence-corrected chi connectivity index (χ2v) is 24.8. The average Bonchev–Trinajstić information content (AvgIpc) is 0.747. The summed E-state index contributed by atoms with van der Waals surface area (Å²) in [5.74, 6) is -34.9. The van der Waals surface area contributed by atoms with Crippen LogP contribution in [0.3, 0.4) is 0 Å². The zero-order chi connectivity index (χ0) is 78.1. The van der Waals surface area contributed by atoms with Crippen molar-refractivity contribution in [2.45, 2.75) is 135 Å². The van der Waals surface area contributed by atoms with Crippen molar-refractivity contribution in [1.82, 2.24) is 46.7 Å². The van der Waals surface area contributed by atoms with E-state index in [4.69, 9.17) is 68.8 Å². The van der Waals surface area contributed by atoms with E-state index in [1.54, 1.807) is 0 Å². The fraction of sp³-hybridized carbons (Fsp3) is 0.518. The Morgan fingerprint density at radius 3 is 0.817 bits per heavy atom. The first-order valence-corrected chi connectivity index (χ1v) is 34.2. The molecule has 0 spiro atoms. The number of carbonyl (C=O) groups is 9. The molecule has 0 radical (unpaired) electrons. The molecule has 2 aromatic carbocycles. The summed E-state index contributed by atoms with van der Waals surface area (Å²) in [5, 5.41) is 17.0. The summed E-state index contributed by atoms with van der Waals surface area (Å²) < 4.78 is 132. The largest absolute Gasteiger partial charge is 0.370 e. The van der Waals surface area contributed by atoms with Crippen LogP contribution >= 0.6 is 49.2 Å². The lowest BCUT2D eigenvalue weighted by molar-refractivity contribution is -0.140. The first-order valence-electron chi connectivity index (χ1n) is 31.3. The van der Waals surface area contributed by atoms with Gasteiger partial charge in [-0.05, 0) is 101 Å². The van der Waals surface area contributed by atoms with Gasteiger partial charge in [0.1, 0.15) is 46.0 Å². The summed E-state index contributed by atoms with van der Waals surface area (Å²) in [7, 11) is 0. The summed E-state index contributed by atoms with van der Waals surface area (Å²) in [5.41, 5.74) is 61.6. The molecule has 8 atom stereocenters. The molecule has 0 aromatic heterocycles. The van der Waals surface area contributed by atoms with Gasteiger partial charge in [0.2, 0.25) is 52.9 Å². The van der Waals surface area contributed by atoms with Gasteiger partial charge in [-0.25, -0.2) is 44.6 Å². The highest BCUT2D eigenvalue weighted by Crippen LogP contribution is 2.41. The lowest BCUT2D eigenvalue weighted by atomic mass is 9.99. The van der Waals surface area contributed by atoms with Gasteiger partial charge in [0.15, 0.2) is 82.3 Å². The average molecular weight is 1560 g/mol. The molecular weight excluding hydrogens is 1480 g/mol. The fourth-order valence-corrected chi connectivity index (χ4v) is 11.7. The maximum Gasteiger partial charge on any atom is 0.243 e. The highest BCUT2D eigenvalue weighted by molar-refractivity contribution is 7.97. The Kier molecular flexibility index (Phi) is 38.2. The van der Waals surface area contributed by atoms with E-state index in [1.807, 2.05) is 0 Å². The normalized spacial score (nSPS) is 20.2. The van der Waals surface area contributed by atoms with E-state index in [1.165, 1.54) is 0 Å². The van der Waals surface area contributed by atoms with Gasteiger partial charge in [-0.2, -0.15) is 25.3 Å². The van der Waals surface area contributed by atoms with Crippen LogP contribution in [0.1, 0.15) is 77.0 Å². The monoisotopic (exact) mass is 1560 g/mol. The second kappa shape index (κ2) is 44.8. The Bertz CT molecular complexity index is 3510. The second-order valence-electron chi connectivity index (χ2n) is 22.4. The van der Waals surface area contributed by atoms with Gasteiger partial charge < -0.3 is 106 Å². The van der Waals surface area contributed by atoms with E-state index >= 15 is 35.1 Å². The number of halogens is 8. The fourth-order valence-electron chi connectivity index (χ4n) is 9.32. The van der Waals surface area contributed by atoms with Crippen LogP contribution in [-0.2, 0) is 43.2 Å². The number of thiol groups is 2. The van der Waals surface area contributed by atoms with E-state index < -0.39 is 217 Å². The van der Waals surface area contributed by atoms with Crippen molar-refractivity contribution in [2.75, 3.05) is 57.3 Å². The molecule has 0 fully saturated rings. The number of amides is 7. The Morgan fingerprint density at radius 2 is 0.558 bits per heavy atom. The summed E-state index contributed by atoms with van der Waals surface area (Å²) >= 11 is 7.30. The molecular formula is C56H85F8N27O9S4. The highest BCUT2D eigenvalue weighted by atomic mass is 32.2. The number of carbonyl (C=O) groups excluding carboxylic acids is 9. The van der Waals surface area contributed by atoms with Crippen molar-refractivity contribution in [3.05, 3.63) is 46.5 Å². The van der Waals surface area contributed by atoms with Crippen molar-refractivity contribution in [3.8, 4) is 11.1 Å². The summed E-state index contributed by atoms with van der Waals surface area (Å²) in [6.45, 7) is -2.02. The van der Waals surface area contributed by atoms with Gasteiger partial charge in [0, 0.05) is 50.8 Å². The number of nitrogens with two attached hydrogens (primary N) is 12. The topological polar surface area (TPSA) is 648 Å². The SMILES string of the molecule is NC(N)=NCCC[C@@H]1NC(=O)CNC(=O)[C@H](CS)NSc2c(F)c(F)c(c(F)c2F)-c2c(F)c(F)c(c(F)c2F)SN[C@@H](CS)C(=O)C(=O)[C@H](CCCN=C(N)N)NC(=O)[C@H](CCCN=C(N)N)NC(=O)[C@H](CCCN=C(N)N)NC(=O)[C@H](CCCN=C(N)N)NC(=O)[C@H](CCCN=C(N)N)NC1=O. The number of guanidine groups is 6. The van der Waals surface area contributed by atoms with Gasteiger partial charge in [0.25, 0.3) is 0 Å². The van der Waals surface area contributed by atoms with Crippen LogP contribution in [0.4, 0.5) is 35.1 Å². The Morgan fingerprint density at radius 1 is 0.327 bits per heavy atom. The molecule has 36 nitrogen and oxygen atoms in total. The van der Waals surface area contributed by atoms with Crippen LogP contribution in [0.5, 0.6) is 0 Å². The van der Waals surface area contributed by atoms with Crippen molar-refractivity contribution < 1.29 is 78.3 Å². The highest BCUT2D eigenvalue weighted by Gasteiger charge is 2.39. The third kappa shape index (κ3) is 28.9. The number of hydrogen-bond donors (Lipinski definition) is 23. The molecule has 7 amide bonds. The van der Waals surface area contributed by atoms with Crippen LogP contribution in [0, 0.1) is 46.5 Å². The number of rotatable bonds is 26. The summed E-state index contributed by atoms with van der Waals surface area (Å²) in [6.07, 6.45) is -2.68. The van der Waals surface area contributed by atoms with Gasteiger partial charge in [0.05, 0.1) is 29.8 Å². The van der Waals surface area contributed by atoms with Crippen LogP contribution in [-0.4, -0.2) is 194 Å². The maximum absolute atomic E-state index is 16.0. The summed E-state index contributed by atoms with van der Waals surface area (Å²) in [6, 6.07) is -14.0. The van der Waals surface area contributed by atoms with E-state index in [2.05, 4.69) is 102 Å². The third-order valence-electron chi connectivity index (χ3n) is 14.5. The molecule has 33 N–H and O–H groups in total. The molecule has 3 heterocycles. The molecule has 0 saturated heterocycles. The van der Waals surface area contributed by atoms with E-state index in [9.17, 15) is 43.2 Å². The zero-order valence-electron chi connectivity index (χ0n) is 55.5. The molecule has 104 heavy (non-hydrogen) atoms.